The van der Waals surface area contributed by atoms with Gasteiger partial charge in [-0.2, -0.15) is 5.26 Å². The first-order valence-electron chi connectivity index (χ1n) is 4.90. The lowest BCUT2D eigenvalue weighted by Crippen LogP contribution is -2.37. The third-order valence-corrected chi connectivity index (χ3v) is 2.25. The molecule has 2 heteroatoms. The minimum Gasteiger partial charge on any atom is -0.308 e. The molecule has 0 aromatic rings. The van der Waals surface area contributed by atoms with Crippen LogP contribution in [0.25, 0.3) is 0 Å². The average molecular weight is 168 g/mol. The van der Waals surface area contributed by atoms with Gasteiger partial charge < -0.3 is 4.90 Å². The molecule has 0 radical (unpaired) electrons. The minimum absolute atomic E-state index is 0.473. The van der Waals surface area contributed by atoms with E-state index in [1.165, 1.54) is 12.8 Å². The Morgan fingerprint density at radius 2 is 1.83 bits per heavy atom. The van der Waals surface area contributed by atoms with Gasteiger partial charge in [-0.25, -0.2) is 0 Å². The fourth-order valence-corrected chi connectivity index (χ4v) is 1.43. The van der Waals surface area contributed by atoms with E-state index in [0.29, 0.717) is 12.0 Å². The van der Waals surface area contributed by atoms with Crippen molar-refractivity contribution in [1.82, 2.24) is 4.90 Å². The van der Waals surface area contributed by atoms with Crippen LogP contribution >= 0.6 is 0 Å². The quantitative estimate of drug-likeness (QED) is 0.520. The Balaban J connectivity index is 0.000000561. The maximum atomic E-state index is 8.66. The molecule has 70 valence electrons. The van der Waals surface area contributed by atoms with Crippen LogP contribution in [0.3, 0.4) is 0 Å². The highest BCUT2D eigenvalue weighted by Crippen LogP contribution is 2.19. The molecule has 0 amide bonds. The Morgan fingerprint density at radius 3 is 2.25 bits per heavy atom. The monoisotopic (exact) mass is 168 g/mol. The first-order chi connectivity index (χ1) is 5.74. The van der Waals surface area contributed by atoms with E-state index in [-0.39, 0.29) is 0 Å². The molecule has 2 unspecified atom stereocenters. The van der Waals surface area contributed by atoms with Crippen LogP contribution in [0.1, 0.15) is 40.5 Å². The summed E-state index contributed by atoms with van der Waals surface area (Å²) in [7, 11) is 0. The Kier molecular flexibility index (Phi) is 5.53. The second kappa shape index (κ2) is 5.88. The van der Waals surface area contributed by atoms with Gasteiger partial charge in [-0.1, -0.05) is 20.8 Å². The molecule has 1 rings (SSSR count). The number of piperidine rings is 1. The van der Waals surface area contributed by atoms with Gasteiger partial charge in [0.05, 0.1) is 0 Å². The van der Waals surface area contributed by atoms with E-state index in [1.807, 2.05) is 18.7 Å². The van der Waals surface area contributed by atoms with Crippen molar-refractivity contribution in [3.8, 4) is 6.19 Å². The highest BCUT2D eigenvalue weighted by atomic mass is 15.1. The third-order valence-electron chi connectivity index (χ3n) is 2.25. The van der Waals surface area contributed by atoms with Crippen LogP contribution in [0.4, 0.5) is 0 Å². The van der Waals surface area contributed by atoms with Crippen molar-refractivity contribution in [3.05, 3.63) is 0 Å². The maximum Gasteiger partial charge on any atom is 0.179 e. The van der Waals surface area contributed by atoms with Gasteiger partial charge in [0.1, 0.15) is 0 Å². The lowest BCUT2D eigenvalue weighted by atomic mass is 9.96. The standard InChI is InChI=1S/C8H14N2.C2H6/c1-7-3-4-8(2)10(5-7)6-9;1-2/h7-8H,3-5H2,1-2H3;1-2H3. The predicted molar refractivity (Wildman–Crippen MR) is 51.5 cm³/mol. The molecule has 1 heterocycles. The van der Waals surface area contributed by atoms with Crippen LogP contribution in [0.15, 0.2) is 0 Å². The fraction of sp³-hybridized carbons (Fsp3) is 0.900. The number of hydrogen-bond donors (Lipinski definition) is 0. The fourth-order valence-electron chi connectivity index (χ4n) is 1.43. The van der Waals surface area contributed by atoms with Crippen LogP contribution in [-0.4, -0.2) is 17.5 Å². The molecule has 2 atom stereocenters. The summed E-state index contributed by atoms with van der Waals surface area (Å²) >= 11 is 0. The Bertz CT molecular complexity index is 148. The van der Waals surface area contributed by atoms with Gasteiger partial charge in [-0.3, -0.25) is 0 Å². The molecule has 1 fully saturated rings. The summed E-state index contributed by atoms with van der Waals surface area (Å²) in [6, 6.07) is 0.473. The van der Waals surface area contributed by atoms with Crippen LogP contribution in [0, 0.1) is 17.4 Å². The first-order valence-corrected chi connectivity index (χ1v) is 4.90. The van der Waals surface area contributed by atoms with Gasteiger partial charge in [0.25, 0.3) is 0 Å². The molecule has 1 aliphatic heterocycles. The minimum atomic E-state index is 0.473. The van der Waals surface area contributed by atoms with Crippen molar-refractivity contribution in [3.63, 3.8) is 0 Å². The Labute approximate surface area is 76.2 Å². The number of nitrogens with zero attached hydrogens (tertiary/aromatic N) is 2. The van der Waals surface area contributed by atoms with Gasteiger partial charge in [-0.05, 0) is 25.7 Å². The molecular formula is C10H20N2. The van der Waals surface area contributed by atoms with E-state index in [4.69, 9.17) is 5.26 Å². The van der Waals surface area contributed by atoms with E-state index in [2.05, 4.69) is 20.0 Å². The van der Waals surface area contributed by atoms with E-state index < -0.39 is 0 Å². The van der Waals surface area contributed by atoms with Crippen LogP contribution in [-0.2, 0) is 0 Å². The molecule has 2 nitrogen and oxygen atoms in total. The van der Waals surface area contributed by atoms with Crippen LogP contribution in [0.2, 0.25) is 0 Å². The highest BCUT2D eigenvalue weighted by molar-refractivity contribution is 4.85. The molecule has 0 aromatic carbocycles. The van der Waals surface area contributed by atoms with E-state index in [9.17, 15) is 0 Å². The third kappa shape index (κ3) is 3.13. The lowest BCUT2D eigenvalue weighted by molar-refractivity contribution is 0.192. The number of rotatable bonds is 0. The van der Waals surface area contributed by atoms with E-state index in [0.717, 1.165) is 6.54 Å². The normalized spacial score (nSPS) is 28.4. The summed E-state index contributed by atoms with van der Waals surface area (Å²) in [6.45, 7) is 9.28. The van der Waals surface area contributed by atoms with Crippen molar-refractivity contribution in [2.75, 3.05) is 6.54 Å². The van der Waals surface area contributed by atoms with Crippen molar-refractivity contribution >= 4 is 0 Å². The number of nitriles is 1. The largest absolute Gasteiger partial charge is 0.308 e. The summed E-state index contributed by atoms with van der Waals surface area (Å²) in [6.07, 6.45) is 4.67. The summed E-state index contributed by atoms with van der Waals surface area (Å²) in [5, 5.41) is 8.66. The van der Waals surface area contributed by atoms with Gasteiger partial charge in [-0.15, -0.1) is 0 Å². The number of likely N-dealkylation sites (tertiary alicyclic amines) is 1. The van der Waals surface area contributed by atoms with Crippen molar-refractivity contribution in [2.24, 2.45) is 5.92 Å². The van der Waals surface area contributed by atoms with E-state index >= 15 is 0 Å². The van der Waals surface area contributed by atoms with Crippen molar-refractivity contribution < 1.29 is 0 Å². The summed E-state index contributed by atoms with van der Waals surface area (Å²) < 4.78 is 0. The van der Waals surface area contributed by atoms with Crippen LogP contribution in [0.5, 0.6) is 0 Å². The van der Waals surface area contributed by atoms with Gasteiger partial charge in [0.2, 0.25) is 0 Å². The number of hydrogen-bond acceptors (Lipinski definition) is 2. The Morgan fingerprint density at radius 1 is 1.25 bits per heavy atom. The average Bonchev–Trinajstić information content (AvgIpc) is 2.13. The summed E-state index contributed by atoms with van der Waals surface area (Å²) in [5.41, 5.74) is 0. The van der Waals surface area contributed by atoms with Gasteiger partial charge in [0.15, 0.2) is 6.19 Å². The van der Waals surface area contributed by atoms with Gasteiger partial charge in [0, 0.05) is 12.6 Å². The molecule has 0 aliphatic carbocycles. The summed E-state index contributed by atoms with van der Waals surface area (Å²) in [4.78, 5) is 1.88. The molecule has 0 bridgehead atoms. The van der Waals surface area contributed by atoms with Crippen LogP contribution < -0.4 is 0 Å². The second-order valence-corrected chi connectivity index (χ2v) is 3.28. The zero-order valence-corrected chi connectivity index (χ0v) is 8.67. The smallest absolute Gasteiger partial charge is 0.179 e. The topological polar surface area (TPSA) is 27.0 Å². The molecular weight excluding hydrogens is 148 g/mol. The Hall–Kier alpha value is -0.710. The predicted octanol–water partition coefficient (Wildman–Crippen LogP) is 2.61. The first kappa shape index (κ1) is 11.3. The molecule has 0 saturated carbocycles. The zero-order valence-electron chi connectivity index (χ0n) is 8.67. The zero-order chi connectivity index (χ0) is 9.56. The second-order valence-electron chi connectivity index (χ2n) is 3.28. The maximum absolute atomic E-state index is 8.66. The molecule has 0 N–H and O–H groups in total. The molecule has 1 aliphatic rings. The lowest BCUT2D eigenvalue weighted by Gasteiger charge is -2.32. The molecule has 12 heavy (non-hydrogen) atoms. The van der Waals surface area contributed by atoms with Crippen molar-refractivity contribution in [1.29, 1.82) is 5.26 Å². The van der Waals surface area contributed by atoms with E-state index in [1.54, 1.807) is 0 Å². The molecule has 1 saturated heterocycles. The SMILES string of the molecule is CC.CC1CCC(C)N(C#N)C1. The van der Waals surface area contributed by atoms with Gasteiger partial charge >= 0.3 is 0 Å². The summed E-state index contributed by atoms with van der Waals surface area (Å²) in [5.74, 6) is 0.704. The molecule has 0 spiro atoms. The molecule has 0 aromatic heterocycles. The van der Waals surface area contributed by atoms with Crippen molar-refractivity contribution in [2.45, 2.75) is 46.6 Å². The highest BCUT2D eigenvalue weighted by Gasteiger charge is 2.20.